The summed E-state index contributed by atoms with van der Waals surface area (Å²) >= 11 is 0. The Morgan fingerprint density at radius 2 is 2.00 bits per heavy atom. The van der Waals surface area contributed by atoms with Crippen molar-refractivity contribution in [3.05, 3.63) is 0 Å². The summed E-state index contributed by atoms with van der Waals surface area (Å²) < 4.78 is 0. The molecule has 0 aromatic rings. The fraction of sp³-hybridized carbons (Fsp3) is 0.933. The zero-order chi connectivity index (χ0) is 12.1. The average molecular weight is 248 g/mol. The molecule has 2 saturated heterocycles. The normalized spacial score (nSPS) is 46.8. The van der Waals surface area contributed by atoms with Gasteiger partial charge in [-0.1, -0.05) is 6.42 Å². The number of piperidine rings is 1. The van der Waals surface area contributed by atoms with Crippen molar-refractivity contribution in [2.75, 3.05) is 6.54 Å². The molecule has 0 aromatic carbocycles. The Morgan fingerprint density at radius 1 is 1.06 bits per heavy atom. The summed E-state index contributed by atoms with van der Waals surface area (Å²) in [6.07, 6.45) is 10.2. The largest absolute Gasteiger partial charge is 0.338 e. The van der Waals surface area contributed by atoms with E-state index in [-0.39, 0.29) is 0 Å². The van der Waals surface area contributed by atoms with Crippen LogP contribution in [0.1, 0.15) is 51.4 Å². The SMILES string of the molecule is O=C1CC(NC2CC3CCC2C3)C2CCCCN12. The number of carbonyl (C=O) groups is 1. The quantitative estimate of drug-likeness (QED) is 0.809. The van der Waals surface area contributed by atoms with Crippen LogP contribution < -0.4 is 5.32 Å². The maximum absolute atomic E-state index is 12.0. The van der Waals surface area contributed by atoms with E-state index >= 15 is 0 Å². The zero-order valence-electron chi connectivity index (χ0n) is 11.1. The topological polar surface area (TPSA) is 32.3 Å². The molecule has 4 fully saturated rings. The number of hydrogen-bond acceptors (Lipinski definition) is 2. The van der Waals surface area contributed by atoms with E-state index < -0.39 is 0 Å². The molecule has 3 nitrogen and oxygen atoms in total. The van der Waals surface area contributed by atoms with Crippen LogP contribution in [-0.2, 0) is 4.79 Å². The van der Waals surface area contributed by atoms with E-state index in [4.69, 9.17) is 0 Å². The zero-order valence-corrected chi connectivity index (χ0v) is 11.1. The van der Waals surface area contributed by atoms with Crippen molar-refractivity contribution in [3.63, 3.8) is 0 Å². The number of hydrogen-bond donors (Lipinski definition) is 1. The molecule has 0 aromatic heterocycles. The van der Waals surface area contributed by atoms with Crippen LogP contribution in [0, 0.1) is 11.8 Å². The van der Waals surface area contributed by atoms with Gasteiger partial charge in [0.05, 0.1) is 0 Å². The van der Waals surface area contributed by atoms with E-state index in [9.17, 15) is 4.79 Å². The minimum absolute atomic E-state index is 0.403. The molecule has 2 bridgehead atoms. The molecule has 1 N–H and O–H groups in total. The second-order valence-electron chi connectivity index (χ2n) is 6.91. The van der Waals surface area contributed by atoms with Crippen molar-refractivity contribution < 1.29 is 4.79 Å². The molecule has 2 saturated carbocycles. The molecule has 5 unspecified atom stereocenters. The van der Waals surface area contributed by atoms with Crippen LogP contribution in [0.4, 0.5) is 0 Å². The highest BCUT2D eigenvalue weighted by molar-refractivity contribution is 5.80. The maximum Gasteiger partial charge on any atom is 0.224 e. The highest BCUT2D eigenvalue weighted by Crippen LogP contribution is 2.45. The summed E-state index contributed by atoms with van der Waals surface area (Å²) in [6, 6.07) is 1.70. The molecule has 4 rings (SSSR count). The number of amides is 1. The van der Waals surface area contributed by atoms with E-state index in [2.05, 4.69) is 10.2 Å². The van der Waals surface area contributed by atoms with Gasteiger partial charge in [0.2, 0.25) is 5.91 Å². The summed E-state index contributed by atoms with van der Waals surface area (Å²) in [6.45, 7) is 1.01. The maximum atomic E-state index is 12.0. The number of fused-ring (bicyclic) bond motifs is 3. The molecular weight excluding hydrogens is 224 g/mol. The molecule has 5 atom stereocenters. The first-order valence-electron chi connectivity index (χ1n) is 7.87. The van der Waals surface area contributed by atoms with Crippen LogP contribution in [-0.4, -0.2) is 35.5 Å². The predicted octanol–water partition coefficient (Wildman–Crippen LogP) is 1.92. The standard InChI is InChI=1S/C15H24N2O/c18-15-9-13(14-3-1-2-6-17(14)15)16-12-8-10-4-5-11(12)7-10/h10-14,16H,1-9H2. The summed E-state index contributed by atoms with van der Waals surface area (Å²) in [4.78, 5) is 14.2. The van der Waals surface area contributed by atoms with Gasteiger partial charge in [-0.25, -0.2) is 0 Å². The van der Waals surface area contributed by atoms with Gasteiger partial charge in [-0.15, -0.1) is 0 Å². The monoisotopic (exact) mass is 248 g/mol. The third-order valence-electron chi connectivity index (χ3n) is 5.89. The van der Waals surface area contributed by atoms with Crippen molar-refractivity contribution in [3.8, 4) is 0 Å². The van der Waals surface area contributed by atoms with Crippen LogP contribution in [0.5, 0.6) is 0 Å². The summed E-state index contributed by atoms with van der Waals surface area (Å²) in [5, 5.41) is 3.88. The van der Waals surface area contributed by atoms with Crippen LogP contribution in [0.15, 0.2) is 0 Å². The van der Waals surface area contributed by atoms with Crippen molar-refractivity contribution in [2.45, 2.75) is 69.5 Å². The minimum atomic E-state index is 0.403. The number of nitrogens with zero attached hydrogens (tertiary/aromatic N) is 1. The smallest absolute Gasteiger partial charge is 0.224 e. The first-order chi connectivity index (χ1) is 8.81. The number of nitrogens with one attached hydrogen (secondary N) is 1. The Balaban J connectivity index is 1.44. The second-order valence-corrected chi connectivity index (χ2v) is 6.91. The lowest BCUT2D eigenvalue weighted by molar-refractivity contribution is -0.129. The van der Waals surface area contributed by atoms with Crippen molar-refractivity contribution in [1.29, 1.82) is 0 Å². The highest BCUT2D eigenvalue weighted by atomic mass is 16.2. The highest BCUT2D eigenvalue weighted by Gasteiger charge is 2.45. The van der Waals surface area contributed by atoms with Gasteiger partial charge in [-0.2, -0.15) is 0 Å². The second kappa shape index (κ2) is 4.22. The van der Waals surface area contributed by atoms with E-state index in [1.165, 1.54) is 44.9 Å². The van der Waals surface area contributed by atoms with E-state index in [0.717, 1.165) is 30.8 Å². The molecule has 18 heavy (non-hydrogen) atoms. The molecule has 0 spiro atoms. The lowest BCUT2D eigenvalue weighted by atomic mass is 9.92. The van der Waals surface area contributed by atoms with Crippen LogP contribution in [0.2, 0.25) is 0 Å². The predicted molar refractivity (Wildman–Crippen MR) is 70.1 cm³/mol. The van der Waals surface area contributed by atoms with Crippen molar-refractivity contribution in [1.82, 2.24) is 10.2 Å². The first kappa shape index (κ1) is 11.3. The summed E-state index contributed by atoms with van der Waals surface area (Å²) in [5.41, 5.74) is 0. The van der Waals surface area contributed by atoms with E-state index in [1.54, 1.807) is 0 Å². The fourth-order valence-electron chi connectivity index (χ4n) is 5.02. The van der Waals surface area contributed by atoms with Gasteiger partial charge in [0, 0.05) is 31.1 Å². The van der Waals surface area contributed by atoms with Gasteiger partial charge in [-0.05, 0) is 50.4 Å². The van der Waals surface area contributed by atoms with E-state index in [1.807, 2.05) is 0 Å². The molecule has 2 aliphatic carbocycles. The Labute approximate surface area is 109 Å². The Morgan fingerprint density at radius 3 is 2.78 bits per heavy atom. The van der Waals surface area contributed by atoms with Crippen LogP contribution in [0.25, 0.3) is 0 Å². The molecule has 1 amide bonds. The van der Waals surface area contributed by atoms with Crippen molar-refractivity contribution in [2.24, 2.45) is 11.8 Å². The molecule has 2 heterocycles. The Kier molecular flexibility index (Phi) is 2.65. The number of carbonyl (C=O) groups excluding carboxylic acids is 1. The first-order valence-corrected chi connectivity index (χ1v) is 7.87. The molecule has 100 valence electrons. The lowest BCUT2D eigenvalue weighted by Gasteiger charge is -2.35. The Bertz CT molecular complexity index is 356. The third kappa shape index (κ3) is 1.70. The Hall–Kier alpha value is -0.570. The summed E-state index contributed by atoms with van der Waals surface area (Å²) in [7, 11) is 0. The van der Waals surface area contributed by atoms with Gasteiger partial charge < -0.3 is 10.2 Å². The third-order valence-corrected chi connectivity index (χ3v) is 5.89. The van der Waals surface area contributed by atoms with Gasteiger partial charge in [-0.3, -0.25) is 4.79 Å². The average Bonchev–Trinajstić information content (AvgIpc) is 3.06. The van der Waals surface area contributed by atoms with Crippen LogP contribution in [0.3, 0.4) is 0 Å². The summed E-state index contributed by atoms with van der Waals surface area (Å²) in [5.74, 6) is 2.31. The molecule has 0 radical (unpaired) electrons. The molecule has 4 aliphatic rings. The van der Waals surface area contributed by atoms with E-state index in [0.29, 0.717) is 18.0 Å². The fourth-order valence-corrected chi connectivity index (χ4v) is 5.02. The van der Waals surface area contributed by atoms with Crippen LogP contribution >= 0.6 is 0 Å². The van der Waals surface area contributed by atoms with Gasteiger partial charge in [0.15, 0.2) is 0 Å². The lowest BCUT2D eigenvalue weighted by Crippen LogP contribution is -2.49. The van der Waals surface area contributed by atoms with Gasteiger partial charge >= 0.3 is 0 Å². The molecular formula is C15H24N2O. The van der Waals surface area contributed by atoms with Gasteiger partial charge in [0.1, 0.15) is 0 Å². The molecule has 3 heteroatoms. The minimum Gasteiger partial charge on any atom is -0.338 e. The van der Waals surface area contributed by atoms with Gasteiger partial charge in [0.25, 0.3) is 0 Å². The molecule has 2 aliphatic heterocycles. The number of rotatable bonds is 2. The van der Waals surface area contributed by atoms with Crippen molar-refractivity contribution >= 4 is 5.91 Å².